The van der Waals surface area contributed by atoms with E-state index in [1.54, 1.807) is 0 Å². The van der Waals surface area contributed by atoms with Crippen LogP contribution in [-0.2, 0) is 6.54 Å². The maximum atomic E-state index is 12.6. The van der Waals surface area contributed by atoms with E-state index in [2.05, 4.69) is 22.5 Å². The number of carbonyl (C=O) groups excluding carboxylic acids is 1. The molecule has 0 aliphatic carbocycles. The number of likely N-dealkylation sites (N-methyl/N-ethyl adjacent to an activating group) is 1. The van der Waals surface area contributed by atoms with Crippen LogP contribution in [0.25, 0.3) is 21.5 Å². The second kappa shape index (κ2) is 8.95. The van der Waals surface area contributed by atoms with Crippen LogP contribution in [0.1, 0.15) is 5.69 Å². The van der Waals surface area contributed by atoms with Gasteiger partial charge in [0.1, 0.15) is 5.69 Å². The molecule has 4 aromatic rings. The van der Waals surface area contributed by atoms with Gasteiger partial charge in [-0.05, 0) is 25.2 Å². The lowest BCUT2D eigenvalue weighted by molar-refractivity contribution is 0.0967. The van der Waals surface area contributed by atoms with Crippen molar-refractivity contribution in [1.29, 1.82) is 0 Å². The van der Waals surface area contributed by atoms with Gasteiger partial charge in [0.15, 0.2) is 5.76 Å². The van der Waals surface area contributed by atoms with Gasteiger partial charge in [0.2, 0.25) is 5.88 Å². The Balaban J connectivity index is 1.36. The molecule has 0 saturated carbocycles. The fourth-order valence-corrected chi connectivity index (χ4v) is 4.70. The van der Waals surface area contributed by atoms with Crippen LogP contribution in [-0.4, -0.2) is 59.0 Å². The molecule has 0 atom stereocenters. The van der Waals surface area contributed by atoms with Gasteiger partial charge in [-0.2, -0.15) is 0 Å². The molecule has 0 bridgehead atoms. The monoisotopic (exact) mass is 471 g/mol. The van der Waals surface area contributed by atoms with E-state index in [1.807, 2.05) is 58.1 Å². The van der Waals surface area contributed by atoms with Crippen molar-refractivity contribution < 1.29 is 14.1 Å². The van der Waals surface area contributed by atoms with Crippen LogP contribution in [0.5, 0.6) is 5.88 Å². The summed E-state index contributed by atoms with van der Waals surface area (Å²) >= 11 is 7.47. The van der Waals surface area contributed by atoms with Gasteiger partial charge in [-0.25, -0.2) is 9.80 Å². The Labute approximate surface area is 193 Å². The van der Waals surface area contributed by atoms with Crippen LogP contribution in [0.4, 0.5) is 4.79 Å². The number of rotatable bonds is 5. The van der Waals surface area contributed by atoms with E-state index in [0.29, 0.717) is 22.5 Å². The van der Waals surface area contributed by atoms with Crippen molar-refractivity contribution in [2.24, 2.45) is 0 Å². The number of piperazine rings is 1. The van der Waals surface area contributed by atoms with Gasteiger partial charge < -0.3 is 18.7 Å². The zero-order valence-corrected chi connectivity index (χ0v) is 19.0. The molecule has 4 heterocycles. The van der Waals surface area contributed by atoms with E-state index in [4.69, 9.17) is 20.9 Å². The summed E-state index contributed by atoms with van der Waals surface area (Å²) in [6, 6.07) is 15.3. The van der Waals surface area contributed by atoms with E-state index in [-0.39, 0.29) is 0 Å². The number of para-hydroxylation sites is 1. The van der Waals surface area contributed by atoms with E-state index in [0.717, 1.165) is 47.7 Å². The summed E-state index contributed by atoms with van der Waals surface area (Å²) in [6.07, 6.45) is -0.507. The minimum absolute atomic E-state index is 0.396. The number of halogens is 1. The number of carbonyl (C=O) groups is 1. The molecule has 8 nitrogen and oxygen atoms in total. The SMILES string of the molecule is CN1CCN(NC(=O)Oc2cc3ccccc3n2Cc2cc(-c3ccc(Cl)s3)on2)CC1. The van der Waals surface area contributed by atoms with E-state index >= 15 is 0 Å². The molecular formula is C22H22ClN5O3S. The van der Waals surface area contributed by atoms with Gasteiger partial charge in [-0.3, -0.25) is 5.43 Å². The van der Waals surface area contributed by atoms with Gasteiger partial charge in [0.25, 0.3) is 0 Å². The summed E-state index contributed by atoms with van der Waals surface area (Å²) in [5.41, 5.74) is 4.50. The molecule has 1 amide bonds. The van der Waals surface area contributed by atoms with Crippen LogP contribution < -0.4 is 10.2 Å². The molecule has 10 heteroatoms. The van der Waals surface area contributed by atoms with Crippen molar-refractivity contribution in [2.75, 3.05) is 33.2 Å². The predicted molar refractivity (Wildman–Crippen MR) is 124 cm³/mol. The van der Waals surface area contributed by atoms with Gasteiger partial charge in [-0.1, -0.05) is 35.0 Å². The number of hydrogen-bond donors (Lipinski definition) is 1. The summed E-state index contributed by atoms with van der Waals surface area (Å²) in [4.78, 5) is 15.7. The van der Waals surface area contributed by atoms with Crippen molar-refractivity contribution in [3.63, 3.8) is 0 Å². The normalized spacial score (nSPS) is 15.3. The standard InChI is InChI=1S/C22H22ClN5O3S/c1-26-8-10-27(11-9-26)24-22(29)30-21-12-15-4-2-3-5-17(15)28(21)14-16-13-18(31-25-16)19-6-7-20(23)32-19/h2-7,12-13H,8-11,14H2,1H3,(H,24,29). The second-order valence-corrected chi connectivity index (χ2v) is 9.42. The summed E-state index contributed by atoms with van der Waals surface area (Å²) in [5.74, 6) is 1.10. The van der Waals surface area contributed by atoms with E-state index < -0.39 is 6.09 Å². The van der Waals surface area contributed by atoms with Crippen LogP contribution >= 0.6 is 22.9 Å². The van der Waals surface area contributed by atoms with Gasteiger partial charge in [-0.15, -0.1) is 11.3 Å². The average Bonchev–Trinajstić information content (AvgIpc) is 3.50. The summed E-state index contributed by atoms with van der Waals surface area (Å²) < 4.78 is 13.8. The molecule has 5 rings (SSSR count). The highest BCUT2D eigenvalue weighted by molar-refractivity contribution is 7.19. The fraction of sp³-hybridized carbons (Fsp3) is 0.273. The Hall–Kier alpha value is -2.85. The summed E-state index contributed by atoms with van der Waals surface area (Å²) in [7, 11) is 2.07. The number of aromatic nitrogens is 2. The first-order valence-electron chi connectivity index (χ1n) is 10.3. The lowest BCUT2D eigenvalue weighted by Crippen LogP contribution is -2.53. The third-order valence-electron chi connectivity index (χ3n) is 5.42. The summed E-state index contributed by atoms with van der Waals surface area (Å²) in [5, 5.41) is 7.06. The third-order valence-corrected chi connectivity index (χ3v) is 6.66. The fourth-order valence-electron chi connectivity index (χ4n) is 3.71. The molecule has 0 radical (unpaired) electrons. The molecule has 1 aliphatic heterocycles. The summed E-state index contributed by atoms with van der Waals surface area (Å²) in [6.45, 7) is 3.69. The van der Waals surface area contributed by atoms with Crippen LogP contribution in [0, 0.1) is 0 Å². The number of thiophene rings is 1. The molecule has 1 fully saturated rings. The van der Waals surface area contributed by atoms with Crippen molar-refractivity contribution in [1.82, 2.24) is 25.1 Å². The number of nitrogens with one attached hydrogen (secondary N) is 1. The van der Waals surface area contributed by atoms with Gasteiger partial charge >= 0.3 is 6.09 Å². The van der Waals surface area contributed by atoms with Gasteiger partial charge in [0.05, 0.1) is 21.3 Å². The van der Waals surface area contributed by atoms with Crippen molar-refractivity contribution in [3.8, 4) is 16.5 Å². The predicted octanol–water partition coefficient (Wildman–Crippen LogP) is 4.31. The smallest absolute Gasteiger partial charge is 0.392 e. The highest BCUT2D eigenvalue weighted by atomic mass is 35.5. The minimum atomic E-state index is -0.507. The first kappa shape index (κ1) is 21.0. The Morgan fingerprint density at radius 2 is 2.00 bits per heavy atom. The molecule has 0 unspecified atom stereocenters. The highest BCUT2D eigenvalue weighted by Gasteiger charge is 2.20. The zero-order chi connectivity index (χ0) is 22.1. The first-order valence-corrected chi connectivity index (χ1v) is 11.5. The number of nitrogens with zero attached hydrogens (tertiary/aromatic N) is 4. The highest BCUT2D eigenvalue weighted by Crippen LogP contribution is 2.32. The maximum absolute atomic E-state index is 12.6. The van der Waals surface area contributed by atoms with Gasteiger partial charge in [0, 0.05) is 43.7 Å². The number of fused-ring (bicyclic) bond motifs is 1. The van der Waals surface area contributed by atoms with E-state index in [9.17, 15) is 4.79 Å². The molecule has 166 valence electrons. The topological polar surface area (TPSA) is 75.8 Å². The molecule has 1 N–H and O–H groups in total. The largest absolute Gasteiger partial charge is 0.428 e. The molecule has 0 spiro atoms. The van der Waals surface area contributed by atoms with Crippen molar-refractivity contribution in [3.05, 3.63) is 58.6 Å². The van der Waals surface area contributed by atoms with Crippen molar-refractivity contribution >= 4 is 39.9 Å². The molecule has 1 saturated heterocycles. The number of hydrogen-bond acceptors (Lipinski definition) is 7. The number of hydrazine groups is 1. The quantitative estimate of drug-likeness (QED) is 0.467. The lowest BCUT2D eigenvalue weighted by atomic mass is 10.2. The third kappa shape index (κ3) is 4.51. The zero-order valence-electron chi connectivity index (χ0n) is 17.5. The second-order valence-electron chi connectivity index (χ2n) is 7.71. The lowest BCUT2D eigenvalue weighted by Gasteiger charge is -2.31. The Morgan fingerprint density at radius 1 is 1.19 bits per heavy atom. The molecule has 1 aliphatic rings. The Kier molecular flexibility index (Phi) is 5.88. The van der Waals surface area contributed by atoms with Crippen LogP contribution in [0.2, 0.25) is 4.34 Å². The molecule has 1 aromatic carbocycles. The maximum Gasteiger partial charge on any atom is 0.428 e. The molecule has 32 heavy (non-hydrogen) atoms. The average molecular weight is 472 g/mol. The van der Waals surface area contributed by atoms with Crippen LogP contribution in [0.15, 0.2) is 53.1 Å². The molecule has 3 aromatic heterocycles. The Bertz CT molecular complexity index is 1240. The number of amides is 1. The number of ether oxygens (including phenoxy) is 1. The van der Waals surface area contributed by atoms with Crippen molar-refractivity contribution in [2.45, 2.75) is 6.54 Å². The first-order chi connectivity index (χ1) is 15.5. The van der Waals surface area contributed by atoms with Crippen LogP contribution in [0.3, 0.4) is 0 Å². The number of benzene rings is 1. The Morgan fingerprint density at radius 3 is 2.78 bits per heavy atom. The van der Waals surface area contributed by atoms with E-state index in [1.165, 1.54) is 11.3 Å². The molecular weight excluding hydrogens is 450 g/mol. The minimum Gasteiger partial charge on any atom is -0.392 e.